The number of carbonyl (C=O) groups is 1. The molecule has 0 bridgehead atoms. The van der Waals surface area contributed by atoms with Crippen molar-refractivity contribution in [2.24, 2.45) is 0 Å². The van der Waals surface area contributed by atoms with Gasteiger partial charge in [0.1, 0.15) is 0 Å². The van der Waals surface area contributed by atoms with Gasteiger partial charge in [0.15, 0.2) is 9.84 Å². The van der Waals surface area contributed by atoms with E-state index < -0.39 is 15.1 Å². The lowest BCUT2D eigenvalue weighted by Crippen LogP contribution is -2.04. The van der Waals surface area contributed by atoms with Crippen LogP contribution < -0.4 is 0 Å². The van der Waals surface area contributed by atoms with Crippen molar-refractivity contribution in [2.45, 2.75) is 24.7 Å². The third-order valence-corrected chi connectivity index (χ3v) is 3.91. The standard InChI is InChI=1S/C13H15ClO3S/c1-3-4-5-6-10-7-8-11(13(14)15)9-12(10)18(2,16)17/h3-4,7-9H,5-6H2,1-2H3/b4-3+. The maximum absolute atomic E-state index is 11.7. The quantitative estimate of drug-likeness (QED) is 0.618. The van der Waals surface area contributed by atoms with Crippen molar-refractivity contribution < 1.29 is 13.2 Å². The van der Waals surface area contributed by atoms with Gasteiger partial charge in [-0.25, -0.2) is 8.42 Å². The van der Waals surface area contributed by atoms with Crippen LogP contribution in [0.4, 0.5) is 0 Å². The summed E-state index contributed by atoms with van der Waals surface area (Å²) in [6.45, 7) is 1.91. The fourth-order valence-corrected chi connectivity index (χ4v) is 2.74. The summed E-state index contributed by atoms with van der Waals surface area (Å²) in [5.41, 5.74) is 0.907. The van der Waals surface area contributed by atoms with Crippen molar-refractivity contribution in [1.29, 1.82) is 0 Å². The molecule has 1 aromatic carbocycles. The van der Waals surface area contributed by atoms with Crippen molar-refractivity contribution in [3.63, 3.8) is 0 Å². The Balaban J connectivity index is 3.22. The first-order valence-electron chi connectivity index (χ1n) is 5.50. The van der Waals surface area contributed by atoms with E-state index >= 15 is 0 Å². The zero-order valence-corrected chi connectivity index (χ0v) is 11.9. The van der Waals surface area contributed by atoms with E-state index in [-0.39, 0.29) is 10.5 Å². The lowest BCUT2D eigenvalue weighted by atomic mass is 10.1. The van der Waals surface area contributed by atoms with Gasteiger partial charge in [-0.1, -0.05) is 18.2 Å². The van der Waals surface area contributed by atoms with Gasteiger partial charge in [0, 0.05) is 11.8 Å². The summed E-state index contributed by atoms with van der Waals surface area (Å²) in [7, 11) is -3.36. The Morgan fingerprint density at radius 3 is 2.56 bits per heavy atom. The summed E-state index contributed by atoms with van der Waals surface area (Å²) in [6.07, 6.45) is 6.38. The average molecular weight is 287 g/mol. The number of halogens is 1. The molecule has 0 radical (unpaired) electrons. The number of hydrogen-bond donors (Lipinski definition) is 0. The predicted molar refractivity (Wildman–Crippen MR) is 72.9 cm³/mol. The van der Waals surface area contributed by atoms with Crippen molar-refractivity contribution in [3.05, 3.63) is 41.5 Å². The van der Waals surface area contributed by atoms with Crippen LogP contribution in [0, 0.1) is 0 Å². The summed E-state index contributed by atoms with van der Waals surface area (Å²) in [4.78, 5) is 11.2. The van der Waals surface area contributed by atoms with Gasteiger partial charge in [0.2, 0.25) is 0 Å². The third-order valence-electron chi connectivity index (χ3n) is 2.51. The molecule has 1 aromatic rings. The summed E-state index contributed by atoms with van der Waals surface area (Å²) in [5.74, 6) is 0. The topological polar surface area (TPSA) is 51.2 Å². The molecule has 0 heterocycles. The number of carbonyl (C=O) groups excluding carboxylic acids is 1. The van der Waals surface area contributed by atoms with Crippen LogP contribution in [-0.4, -0.2) is 19.9 Å². The van der Waals surface area contributed by atoms with Gasteiger partial charge >= 0.3 is 0 Å². The van der Waals surface area contributed by atoms with Crippen LogP contribution in [0.25, 0.3) is 0 Å². The highest BCUT2D eigenvalue weighted by molar-refractivity contribution is 7.90. The van der Waals surface area contributed by atoms with E-state index in [9.17, 15) is 13.2 Å². The Hall–Kier alpha value is -1.13. The Kier molecular flexibility index (Phi) is 5.11. The first-order chi connectivity index (χ1) is 8.36. The molecule has 0 atom stereocenters. The Morgan fingerprint density at radius 1 is 1.39 bits per heavy atom. The molecule has 0 unspecified atom stereocenters. The lowest BCUT2D eigenvalue weighted by molar-refractivity contribution is 0.108. The number of rotatable bonds is 5. The molecule has 0 spiro atoms. The number of allylic oxidation sites excluding steroid dienone is 2. The van der Waals surface area contributed by atoms with Crippen molar-refractivity contribution in [3.8, 4) is 0 Å². The zero-order valence-electron chi connectivity index (χ0n) is 10.3. The second-order valence-corrected chi connectivity index (χ2v) is 6.30. The predicted octanol–water partition coefficient (Wildman–Crippen LogP) is 2.98. The molecule has 3 nitrogen and oxygen atoms in total. The number of aryl methyl sites for hydroxylation is 1. The van der Waals surface area contributed by atoms with E-state index in [2.05, 4.69) is 0 Å². The SMILES string of the molecule is C/C=C/CCc1ccc(C(=O)Cl)cc1S(C)(=O)=O. The van der Waals surface area contributed by atoms with Crippen molar-refractivity contribution in [1.82, 2.24) is 0 Å². The molecule has 0 fully saturated rings. The fourth-order valence-electron chi connectivity index (χ4n) is 1.63. The molecule has 0 aromatic heterocycles. The molecule has 0 saturated heterocycles. The average Bonchev–Trinajstić information content (AvgIpc) is 2.28. The van der Waals surface area contributed by atoms with Crippen LogP contribution in [0.5, 0.6) is 0 Å². The van der Waals surface area contributed by atoms with E-state index in [4.69, 9.17) is 11.6 Å². The van der Waals surface area contributed by atoms with Crippen LogP contribution in [0.15, 0.2) is 35.2 Å². The van der Waals surface area contributed by atoms with Gasteiger partial charge in [-0.3, -0.25) is 4.79 Å². The summed E-state index contributed by atoms with van der Waals surface area (Å²) in [5, 5.41) is -0.653. The van der Waals surface area contributed by atoms with Gasteiger partial charge in [-0.2, -0.15) is 0 Å². The Bertz CT molecular complexity index is 574. The zero-order chi connectivity index (χ0) is 13.8. The number of benzene rings is 1. The maximum Gasteiger partial charge on any atom is 0.252 e. The van der Waals surface area contributed by atoms with E-state index in [0.29, 0.717) is 12.0 Å². The van der Waals surface area contributed by atoms with Crippen LogP contribution in [-0.2, 0) is 16.3 Å². The third kappa shape index (κ3) is 3.96. The minimum atomic E-state index is -3.36. The van der Waals surface area contributed by atoms with Crippen LogP contribution in [0.2, 0.25) is 0 Å². The van der Waals surface area contributed by atoms with Crippen LogP contribution in [0.3, 0.4) is 0 Å². The Labute approximate surface area is 112 Å². The molecular weight excluding hydrogens is 272 g/mol. The van der Waals surface area contributed by atoms with Crippen molar-refractivity contribution >= 4 is 26.7 Å². The largest absolute Gasteiger partial charge is 0.276 e. The molecule has 0 aliphatic carbocycles. The second-order valence-electron chi connectivity index (χ2n) is 3.98. The molecule has 0 amide bonds. The van der Waals surface area contributed by atoms with Crippen LogP contribution in [0.1, 0.15) is 29.3 Å². The molecule has 1 rings (SSSR count). The highest BCUT2D eigenvalue weighted by atomic mass is 35.5. The van der Waals surface area contributed by atoms with Gasteiger partial charge in [0.05, 0.1) is 4.90 Å². The second kappa shape index (κ2) is 6.16. The van der Waals surface area contributed by atoms with E-state index in [1.165, 1.54) is 6.07 Å². The summed E-state index contributed by atoms with van der Waals surface area (Å²) in [6, 6.07) is 4.54. The first kappa shape index (κ1) is 14.9. The molecule has 18 heavy (non-hydrogen) atoms. The molecule has 0 saturated carbocycles. The minimum Gasteiger partial charge on any atom is -0.276 e. The monoisotopic (exact) mass is 286 g/mol. The smallest absolute Gasteiger partial charge is 0.252 e. The lowest BCUT2D eigenvalue weighted by Gasteiger charge is -2.08. The van der Waals surface area contributed by atoms with Gasteiger partial charge in [-0.05, 0) is 49.1 Å². The summed E-state index contributed by atoms with van der Waals surface area (Å²) >= 11 is 5.36. The normalized spacial score (nSPS) is 11.9. The first-order valence-corrected chi connectivity index (χ1v) is 7.77. The molecule has 5 heteroatoms. The minimum absolute atomic E-state index is 0.179. The maximum atomic E-state index is 11.7. The molecule has 0 aliphatic heterocycles. The fraction of sp³-hybridized carbons (Fsp3) is 0.308. The molecule has 98 valence electrons. The number of sulfone groups is 1. The van der Waals surface area contributed by atoms with Gasteiger partial charge in [-0.15, -0.1) is 0 Å². The van der Waals surface area contributed by atoms with Gasteiger partial charge < -0.3 is 0 Å². The van der Waals surface area contributed by atoms with Gasteiger partial charge in [0.25, 0.3) is 5.24 Å². The van der Waals surface area contributed by atoms with E-state index in [0.717, 1.165) is 12.7 Å². The summed E-state index contributed by atoms with van der Waals surface area (Å²) < 4.78 is 23.4. The molecule has 0 N–H and O–H groups in total. The molecular formula is C13H15ClO3S. The van der Waals surface area contributed by atoms with E-state index in [1.807, 2.05) is 19.1 Å². The number of hydrogen-bond acceptors (Lipinski definition) is 3. The highest BCUT2D eigenvalue weighted by Gasteiger charge is 2.15. The Morgan fingerprint density at radius 2 is 2.06 bits per heavy atom. The van der Waals surface area contributed by atoms with E-state index in [1.54, 1.807) is 12.1 Å². The highest BCUT2D eigenvalue weighted by Crippen LogP contribution is 2.20. The van der Waals surface area contributed by atoms with Crippen molar-refractivity contribution in [2.75, 3.05) is 6.26 Å². The van der Waals surface area contributed by atoms with Crippen LogP contribution >= 0.6 is 11.6 Å². The molecule has 0 aliphatic rings.